The van der Waals surface area contributed by atoms with E-state index >= 15 is 0 Å². The van der Waals surface area contributed by atoms with Crippen molar-refractivity contribution in [2.24, 2.45) is 0 Å². The van der Waals surface area contributed by atoms with Crippen LogP contribution in [0.3, 0.4) is 0 Å². The number of ketones is 1. The van der Waals surface area contributed by atoms with Crippen molar-refractivity contribution in [2.75, 3.05) is 11.4 Å². The molecule has 1 heterocycles. The number of rotatable bonds is 6. The van der Waals surface area contributed by atoms with Crippen LogP contribution in [0.25, 0.3) is 11.1 Å². The highest BCUT2D eigenvalue weighted by atomic mass is 35.5. The number of hydrogen-bond donors (Lipinski definition) is 1. The minimum atomic E-state index is -1.91. The molecule has 0 fully saturated rings. The molecule has 0 radical (unpaired) electrons. The first-order valence-corrected chi connectivity index (χ1v) is 10.3. The van der Waals surface area contributed by atoms with Crippen molar-refractivity contribution in [3.63, 3.8) is 0 Å². The van der Waals surface area contributed by atoms with Gasteiger partial charge in [0.25, 0.3) is 5.91 Å². The number of Topliss-reactive ketones (excluding diaryl/α,β-unsaturated/α-hetero) is 1. The van der Waals surface area contributed by atoms with E-state index in [4.69, 9.17) is 11.6 Å². The Hall–Kier alpha value is -2.95. The molecule has 0 spiro atoms. The summed E-state index contributed by atoms with van der Waals surface area (Å²) in [6.45, 7) is 2.43. The van der Waals surface area contributed by atoms with Gasteiger partial charge in [0.2, 0.25) is 0 Å². The predicted molar refractivity (Wildman–Crippen MR) is 119 cm³/mol. The summed E-state index contributed by atoms with van der Waals surface area (Å²) < 4.78 is 0. The van der Waals surface area contributed by atoms with Gasteiger partial charge in [0, 0.05) is 22.7 Å². The number of halogens is 1. The summed E-state index contributed by atoms with van der Waals surface area (Å²) in [6.07, 6.45) is 0.406. The molecule has 4 nitrogen and oxygen atoms in total. The molecule has 0 bridgehead atoms. The van der Waals surface area contributed by atoms with Gasteiger partial charge >= 0.3 is 0 Å². The topological polar surface area (TPSA) is 57.6 Å². The van der Waals surface area contributed by atoms with Crippen LogP contribution in [0.15, 0.2) is 72.8 Å². The minimum absolute atomic E-state index is 0.297. The van der Waals surface area contributed by atoms with Crippen LogP contribution >= 0.6 is 11.6 Å². The lowest BCUT2D eigenvalue weighted by atomic mass is 9.88. The second-order valence-corrected chi connectivity index (χ2v) is 7.96. The third-order valence-electron chi connectivity index (χ3n) is 5.47. The molecule has 1 N–H and O–H groups in total. The van der Waals surface area contributed by atoms with E-state index in [2.05, 4.69) is 0 Å². The van der Waals surface area contributed by atoms with Crippen LogP contribution in [0.4, 0.5) is 5.69 Å². The summed E-state index contributed by atoms with van der Waals surface area (Å²) in [5.74, 6) is -0.773. The SMILES string of the molecule is CCCN1C(=O)C(O)(CC(=O)c2ccc(-c3ccccc3)cc2)c2cc(Cl)ccc21. The maximum Gasteiger partial charge on any atom is 0.264 e. The number of fused-ring (bicyclic) bond motifs is 1. The fourth-order valence-electron chi connectivity index (χ4n) is 3.95. The fraction of sp³-hybridized carbons (Fsp3) is 0.200. The van der Waals surface area contributed by atoms with Gasteiger partial charge in [-0.1, -0.05) is 73.1 Å². The Morgan fingerprint density at radius 1 is 1.00 bits per heavy atom. The second kappa shape index (κ2) is 8.05. The van der Waals surface area contributed by atoms with E-state index in [-0.39, 0.29) is 12.2 Å². The molecule has 0 aromatic heterocycles. The summed E-state index contributed by atoms with van der Waals surface area (Å²) in [7, 11) is 0. The van der Waals surface area contributed by atoms with Crippen LogP contribution in [0, 0.1) is 0 Å². The Morgan fingerprint density at radius 3 is 2.33 bits per heavy atom. The molecule has 1 unspecified atom stereocenters. The molecule has 152 valence electrons. The molecule has 1 atom stereocenters. The third-order valence-corrected chi connectivity index (χ3v) is 5.71. The molecule has 3 aromatic rings. The van der Waals surface area contributed by atoms with Crippen molar-refractivity contribution < 1.29 is 14.7 Å². The molecular formula is C25H22ClNO3. The highest BCUT2D eigenvalue weighted by molar-refractivity contribution is 6.31. The van der Waals surface area contributed by atoms with Crippen molar-refractivity contribution in [1.82, 2.24) is 0 Å². The fourth-order valence-corrected chi connectivity index (χ4v) is 4.12. The predicted octanol–water partition coefficient (Wildman–Crippen LogP) is 5.22. The van der Waals surface area contributed by atoms with Crippen LogP contribution in [-0.2, 0) is 10.4 Å². The van der Waals surface area contributed by atoms with Gasteiger partial charge in [-0.15, -0.1) is 0 Å². The Kier molecular flexibility index (Phi) is 5.46. The number of nitrogens with zero attached hydrogens (tertiary/aromatic N) is 1. The molecule has 30 heavy (non-hydrogen) atoms. The Bertz CT molecular complexity index is 1100. The molecule has 4 rings (SSSR count). The molecule has 1 amide bonds. The molecule has 1 aliphatic heterocycles. The Labute approximate surface area is 180 Å². The number of aliphatic hydroxyl groups is 1. The van der Waals surface area contributed by atoms with Crippen LogP contribution in [0.2, 0.25) is 5.02 Å². The van der Waals surface area contributed by atoms with Gasteiger partial charge in [0.05, 0.1) is 12.1 Å². The van der Waals surface area contributed by atoms with E-state index in [0.29, 0.717) is 28.4 Å². The van der Waals surface area contributed by atoms with Gasteiger partial charge in [-0.2, -0.15) is 0 Å². The first kappa shape index (κ1) is 20.3. The van der Waals surface area contributed by atoms with E-state index in [1.807, 2.05) is 49.4 Å². The first-order chi connectivity index (χ1) is 14.4. The number of carbonyl (C=O) groups excluding carboxylic acids is 2. The lowest BCUT2D eigenvalue weighted by molar-refractivity contribution is -0.135. The highest BCUT2D eigenvalue weighted by Crippen LogP contribution is 2.44. The van der Waals surface area contributed by atoms with Crippen LogP contribution in [-0.4, -0.2) is 23.3 Å². The smallest absolute Gasteiger partial charge is 0.264 e. The van der Waals surface area contributed by atoms with Crippen molar-refractivity contribution in [1.29, 1.82) is 0 Å². The molecule has 3 aromatic carbocycles. The van der Waals surface area contributed by atoms with Gasteiger partial charge in [-0.25, -0.2) is 0 Å². The number of hydrogen-bond acceptors (Lipinski definition) is 3. The van der Waals surface area contributed by atoms with Crippen LogP contribution in [0.5, 0.6) is 0 Å². The van der Waals surface area contributed by atoms with E-state index in [1.165, 1.54) is 4.90 Å². The van der Waals surface area contributed by atoms with Gasteiger partial charge in [-0.3, -0.25) is 9.59 Å². The zero-order chi connectivity index (χ0) is 21.3. The van der Waals surface area contributed by atoms with Gasteiger partial charge in [0.15, 0.2) is 11.4 Å². The number of anilines is 1. The second-order valence-electron chi connectivity index (χ2n) is 7.52. The Morgan fingerprint density at radius 2 is 1.67 bits per heavy atom. The van der Waals surface area contributed by atoms with Crippen LogP contribution in [0.1, 0.15) is 35.7 Å². The van der Waals surface area contributed by atoms with Crippen molar-refractivity contribution >= 4 is 29.0 Å². The van der Waals surface area contributed by atoms with Gasteiger partial charge in [0.1, 0.15) is 0 Å². The summed E-state index contributed by atoms with van der Waals surface area (Å²) in [4.78, 5) is 27.6. The number of benzene rings is 3. The monoisotopic (exact) mass is 419 g/mol. The van der Waals surface area contributed by atoms with Crippen molar-refractivity contribution in [3.8, 4) is 11.1 Å². The zero-order valence-corrected chi connectivity index (χ0v) is 17.4. The molecule has 5 heteroatoms. The maximum atomic E-state index is 13.1. The van der Waals surface area contributed by atoms with E-state index in [1.54, 1.807) is 30.3 Å². The average Bonchev–Trinajstić information content (AvgIpc) is 2.96. The summed E-state index contributed by atoms with van der Waals surface area (Å²) in [5, 5.41) is 11.7. The molecular weight excluding hydrogens is 398 g/mol. The molecule has 0 aliphatic carbocycles. The average molecular weight is 420 g/mol. The lowest BCUT2D eigenvalue weighted by Crippen LogP contribution is -2.42. The number of carbonyl (C=O) groups is 2. The van der Waals surface area contributed by atoms with Crippen molar-refractivity contribution in [3.05, 3.63) is 88.9 Å². The quantitative estimate of drug-likeness (QED) is 0.557. The summed E-state index contributed by atoms with van der Waals surface area (Å²) >= 11 is 6.13. The minimum Gasteiger partial charge on any atom is -0.375 e. The van der Waals surface area contributed by atoms with Gasteiger partial charge < -0.3 is 10.0 Å². The number of amides is 1. The zero-order valence-electron chi connectivity index (χ0n) is 16.6. The Balaban J connectivity index is 1.62. The normalized spacial score (nSPS) is 17.8. The van der Waals surface area contributed by atoms with E-state index in [0.717, 1.165) is 17.5 Å². The van der Waals surface area contributed by atoms with E-state index < -0.39 is 11.5 Å². The van der Waals surface area contributed by atoms with Crippen LogP contribution < -0.4 is 4.90 Å². The van der Waals surface area contributed by atoms with Crippen molar-refractivity contribution in [2.45, 2.75) is 25.4 Å². The largest absolute Gasteiger partial charge is 0.375 e. The maximum absolute atomic E-state index is 13.1. The summed E-state index contributed by atoms with van der Waals surface area (Å²) in [6, 6.07) is 22.1. The summed E-state index contributed by atoms with van der Waals surface area (Å²) in [5.41, 5.74) is 1.59. The van der Waals surface area contributed by atoms with Gasteiger partial charge in [-0.05, 0) is 35.7 Å². The standard InChI is InChI=1S/C25H22ClNO3/c1-2-14-27-22-13-12-20(26)15-21(22)25(30,24(27)29)16-23(28)19-10-8-18(9-11-19)17-6-4-3-5-7-17/h3-13,15,30H,2,14,16H2,1H3. The molecule has 0 saturated heterocycles. The molecule has 1 aliphatic rings. The molecule has 0 saturated carbocycles. The highest BCUT2D eigenvalue weighted by Gasteiger charge is 2.50. The lowest BCUT2D eigenvalue weighted by Gasteiger charge is -2.22. The third kappa shape index (κ3) is 3.53. The first-order valence-electron chi connectivity index (χ1n) is 9.97. The van der Waals surface area contributed by atoms with E-state index in [9.17, 15) is 14.7 Å².